The molecule has 96 valence electrons. The van der Waals surface area contributed by atoms with Crippen LogP contribution in [0.3, 0.4) is 0 Å². The first kappa shape index (κ1) is 14.0. The third kappa shape index (κ3) is 4.46. The summed E-state index contributed by atoms with van der Waals surface area (Å²) in [7, 11) is 0. The molecular formula is C14H19N3O. The zero-order chi connectivity index (χ0) is 13.4. The number of nitrogens with zero attached hydrogens (tertiary/aromatic N) is 1. The van der Waals surface area contributed by atoms with Gasteiger partial charge in [-0.2, -0.15) is 5.26 Å². The van der Waals surface area contributed by atoms with Crippen molar-refractivity contribution in [2.45, 2.75) is 39.0 Å². The van der Waals surface area contributed by atoms with Crippen LogP contribution >= 0.6 is 0 Å². The summed E-state index contributed by atoms with van der Waals surface area (Å²) in [4.78, 5) is 11.7. The Morgan fingerprint density at radius 2 is 2.17 bits per heavy atom. The number of nitriles is 1. The van der Waals surface area contributed by atoms with E-state index in [0.717, 1.165) is 25.7 Å². The first-order chi connectivity index (χ1) is 8.67. The van der Waals surface area contributed by atoms with Gasteiger partial charge in [0, 0.05) is 6.42 Å². The van der Waals surface area contributed by atoms with Gasteiger partial charge in [0.25, 0.3) is 0 Å². The number of nitrogens with two attached hydrogens (primary N) is 1. The predicted molar refractivity (Wildman–Crippen MR) is 73.0 cm³/mol. The van der Waals surface area contributed by atoms with Gasteiger partial charge in [0.2, 0.25) is 5.91 Å². The van der Waals surface area contributed by atoms with E-state index in [1.165, 1.54) is 0 Å². The lowest BCUT2D eigenvalue weighted by Crippen LogP contribution is -2.12. The minimum atomic E-state index is -0.0255. The lowest BCUT2D eigenvalue weighted by atomic mass is 10.1. The Labute approximate surface area is 108 Å². The maximum atomic E-state index is 11.7. The quantitative estimate of drug-likeness (QED) is 0.597. The van der Waals surface area contributed by atoms with Gasteiger partial charge in [0.15, 0.2) is 0 Å². The summed E-state index contributed by atoms with van der Waals surface area (Å²) in [6, 6.07) is 6.87. The monoisotopic (exact) mass is 245 g/mol. The van der Waals surface area contributed by atoms with Crippen LogP contribution in [0.4, 0.5) is 11.4 Å². The summed E-state index contributed by atoms with van der Waals surface area (Å²) in [5, 5.41) is 11.5. The number of hydrogen-bond acceptors (Lipinski definition) is 3. The van der Waals surface area contributed by atoms with E-state index in [-0.39, 0.29) is 5.91 Å². The number of benzene rings is 1. The molecule has 4 heteroatoms. The Kier molecular flexibility index (Phi) is 5.72. The van der Waals surface area contributed by atoms with Crippen LogP contribution in [0.1, 0.15) is 44.6 Å². The van der Waals surface area contributed by atoms with E-state index in [1.807, 2.05) is 6.07 Å². The molecule has 1 amide bonds. The summed E-state index contributed by atoms with van der Waals surface area (Å²) in [6.07, 6.45) is 4.80. The Bertz CT molecular complexity index is 449. The Morgan fingerprint density at radius 3 is 2.78 bits per heavy atom. The number of nitrogen functional groups attached to an aromatic ring is 1. The number of amides is 1. The third-order valence-electron chi connectivity index (χ3n) is 2.71. The minimum Gasteiger partial charge on any atom is -0.397 e. The summed E-state index contributed by atoms with van der Waals surface area (Å²) < 4.78 is 0. The normalized spacial score (nSPS) is 9.78. The van der Waals surface area contributed by atoms with Gasteiger partial charge in [-0.3, -0.25) is 4.79 Å². The molecule has 0 saturated heterocycles. The molecule has 3 N–H and O–H groups in total. The van der Waals surface area contributed by atoms with Gasteiger partial charge in [0.05, 0.1) is 23.0 Å². The fraction of sp³-hybridized carbons (Fsp3) is 0.429. The average molecular weight is 245 g/mol. The van der Waals surface area contributed by atoms with E-state index in [9.17, 15) is 4.79 Å². The molecule has 18 heavy (non-hydrogen) atoms. The first-order valence-corrected chi connectivity index (χ1v) is 6.27. The smallest absolute Gasteiger partial charge is 0.224 e. The molecule has 0 aliphatic carbocycles. The van der Waals surface area contributed by atoms with E-state index in [2.05, 4.69) is 12.2 Å². The van der Waals surface area contributed by atoms with Crippen molar-refractivity contribution in [1.29, 1.82) is 5.26 Å². The van der Waals surface area contributed by atoms with Crippen molar-refractivity contribution in [2.24, 2.45) is 0 Å². The molecule has 0 radical (unpaired) electrons. The van der Waals surface area contributed by atoms with Gasteiger partial charge in [0.1, 0.15) is 0 Å². The second-order valence-corrected chi connectivity index (χ2v) is 4.27. The van der Waals surface area contributed by atoms with Crippen molar-refractivity contribution in [2.75, 3.05) is 11.1 Å². The van der Waals surface area contributed by atoms with Gasteiger partial charge >= 0.3 is 0 Å². The summed E-state index contributed by atoms with van der Waals surface area (Å²) >= 11 is 0. The maximum Gasteiger partial charge on any atom is 0.224 e. The Balaban J connectivity index is 2.47. The summed E-state index contributed by atoms with van der Waals surface area (Å²) in [5.41, 5.74) is 7.25. The molecule has 0 spiro atoms. The van der Waals surface area contributed by atoms with Crippen LogP contribution in [-0.2, 0) is 4.79 Å². The molecule has 1 aromatic carbocycles. The van der Waals surface area contributed by atoms with E-state index >= 15 is 0 Å². The molecule has 0 bridgehead atoms. The minimum absolute atomic E-state index is 0.0255. The van der Waals surface area contributed by atoms with Crippen LogP contribution in [0.5, 0.6) is 0 Å². The third-order valence-corrected chi connectivity index (χ3v) is 2.71. The van der Waals surface area contributed by atoms with Gasteiger partial charge < -0.3 is 11.1 Å². The first-order valence-electron chi connectivity index (χ1n) is 6.27. The summed E-state index contributed by atoms with van der Waals surface area (Å²) in [5.74, 6) is -0.0255. The van der Waals surface area contributed by atoms with Crippen molar-refractivity contribution in [3.63, 3.8) is 0 Å². The highest BCUT2D eigenvalue weighted by atomic mass is 16.1. The number of unbranched alkanes of at least 4 members (excludes halogenated alkanes) is 3. The lowest BCUT2D eigenvalue weighted by molar-refractivity contribution is -0.116. The molecule has 0 unspecified atom stereocenters. The van der Waals surface area contributed by atoms with Crippen molar-refractivity contribution >= 4 is 17.3 Å². The number of rotatable bonds is 6. The predicted octanol–water partition coefficient (Wildman–Crippen LogP) is 3.05. The van der Waals surface area contributed by atoms with Crippen LogP contribution < -0.4 is 11.1 Å². The number of nitrogens with one attached hydrogen (secondary N) is 1. The highest BCUT2D eigenvalue weighted by molar-refractivity contribution is 5.93. The molecule has 0 atom stereocenters. The molecular weight excluding hydrogens is 226 g/mol. The van der Waals surface area contributed by atoms with Crippen molar-refractivity contribution in [3.05, 3.63) is 23.8 Å². The van der Waals surface area contributed by atoms with Gasteiger partial charge in [-0.1, -0.05) is 26.2 Å². The van der Waals surface area contributed by atoms with Crippen LogP contribution in [0.25, 0.3) is 0 Å². The Morgan fingerprint density at radius 1 is 1.39 bits per heavy atom. The second-order valence-electron chi connectivity index (χ2n) is 4.27. The highest BCUT2D eigenvalue weighted by Crippen LogP contribution is 2.19. The topological polar surface area (TPSA) is 78.9 Å². The highest BCUT2D eigenvalue weighted by Gasteiger charge is 2.05. The van der Waals surface area contributed by atoms with Gasteiger partial charge in [-0.15, -0.1) is 0 Å². The molecule has 0 aliphatic heterocycles. The van der Waals surface area contributed by atoms with Gasteiger partial charge in [-0.25, -0.2) is 0 Å². The fourth-order valence-electron chi connectivity index (χ4n) is 1.67. The molecule has 0 aromatic heterocycles. The Hall–Kier alpha value is -2.02. The van der Waals surface area contributed by atoms with Gasteiger partial charge in [-0.05, 0) is 24.6 Å². The van der Waals surface area contributed by atoms with Crippen molar-refractivity contribution < 1.29 is 4.79 Å². The SMILES string of the molecule is CCCCCCC(=O)Nc1ccc(C#N)cc1N. The van der Waals surface area contributed by atoms with E-state index in [4.69, 9.17) is 11.0 Å². The largest absolute Gasteiger partial charge is 0.397 e. The molecule has 1 aromatic rings. The van der Waals surface area contributed by atoms with E-state index in [0.29, 0.717) is 23.4 Å². The molecule has 0 fully saturated rings. The van der Waals surface area contributed by atoms with Crippen molar-refractivity contribution in [1.82, 2.24) is 0 Å². The average Bonchev–Trinajstić information content (AvgIpc) is 2.37. The molecule has 0 saturated carbocycles. The standard InChI is InChI=1S/C14H19N3O/c1-2-3-4-5-6-14(18)17-13-8-7-11(10-15)9-12(13)16/h7-9H,2-6,16H2,1H3,(H,17,18). The van der Waals surface area contributed by atoms with Crippen LogP contribution in [-0.4, -0.2) is 5.91 Å². The lowest BCUT2D eigenvalue weighted by Gasteiger charge is -2.08. The van der Waals surface area contributed by atoms with Crippen LogP contribution in [0.2, 0.25) is 0 Å². The molecule has 1 rings (SSSR count). The fourth-order valence-corrected chi connectivity index (χ4v) is 1.67. The number of anilines is 2. The number of carbonyl (C=O) groups is 1. The zero-order valence-electron chi connectivity index (χ0n) is 10.7. The van der Waals surface area contributed by atoms with Crippen molar-refractivity contribution in [3.8, 4) is 6.07 Å². The molecule has 0 aliphatic rings. The second kappa shape index (κ2) is 7.33. The number of hydrogen-bond donors (Lipinski definition) is 2. The molecule has 4 nitrogen and oxygen atoms in total. The zero-order valence-corrected chi connectivity index (χ0v) is 10.7. The van der Waals surface area contributed by atoms with Crippen LogP contribution in [0.15, 0.2) is 18.2 Å². The maximum absolute atomic E-state index is 11.7. The number of carbonyl (C=O) groups excluding carboxylic acids is 1. The van der Waals surface area contributed by atoms with E-state index < -0.39 is 0 Å². The summed E-state index contributed by atoms with van der Waals surface area (Å²) in [6.45, 7) is 2.14. The molecule has 0 heterocycles. The van der Waals surface area contributed by atoms with Crippen LogP contribution in [0, 0.1) is 11.3 Å². The van der Waals surface area contributed by atoms with E-state index in [1.54, 1.807) is 18.2 Å².